The van der Waals surface area contributed by atoms with Crippen LogP contribution in [0.25, 0.3) is 0 Å². The van der Waals surface area contributed by atoms with Crippen LogP contribution in [0.15, 0.2) is 30.0 Å². The van der Waals surface area contributed by atoms with Crippen molar-refractivity contribution in [2.75, 3.05) is 11.9 Å². The normalized spacial score (nSPS) is 14.6. The summed E-state index contributed by atoms with van der Waals surface area (Å²) in [5.41, 5.74) is 2.75. The molecule has 1 aliphatic rings. The van der Waals surface area contributed by atoms with Gasteiger partial charge in [-0.15, -0.1) is 0 Å². The van der Waals surface area contributed by atoms with Crippen LogP contribution in [-0.4, -0.2) is 16.6 Å². The molecule has 0 unspecified atom stereocenters. The fraction of sp³-hybridized carbons (Fsp3) is 0.500. The van der Waals surface area contributed by atoms with Gasteiger partial charge in [0.15, 0.2) is 5.11 Å². The summed E-state index contributed by atoms with van der Waals surface area (Å²) in [6.07, 6.45) is 11.4. The largest absolute Gasteiger partial charge is 0.362 e. The number of aryl methyl sites for hydroxylation is 1. The number of rotatable bonds is 5. The quantitative estimate of drug-likeness (QED) is 0.638. The van der Waals surface area contributed by atoms with Crippen LogP contribution in [-0.2, 0) is 6.42 Å². The average Bonchev–Trinajstić information content (AvgIpc) is 2.49. The Hall–Kier alpha value is -1.42. The molecular formula is C16H23N3S. The van der Waals surface area contributed by atoms with Crippen LogP contribution in [0.1, 0.15) is 44.6 Å². The molecule has 1 aliphatic carbocycles. The SMILES string of the molecule is CCc1cccnc1NC(=S)NCCC1=CCCCC1. The summed E-state index contributed by atoms with van der Waals surface area (Å²) in [6.45, 7) is 3.01. The molecule has 0 radical (unpaired) electrons. The molecule has 0 saturated heterocycles. The lowest BCUT2D eigenvalue weighted by Gasteiger charge is -2.15. The molecule has 0 aromatic carbocycles. The number of aromatic nitrogens is 1. The van der Waals surface area contributed by atoms with Gasteiger partial charge in [-0.1, -0.05) is 24.6 Å². The molecule has 3 nitrogen and oxygen atoms in total. The van der Waals surface area contributed by atoms with Crippen LogP contribution >= 0.6 is 12.2 Å². The number of anilines is 1. The van der Waals surface area contributed by atoms with Gasteiger partial charge in [0.2, 0.25) is 0 Å². The Morgan fingerprint density at radius 1 is 1.40 bits per heavy atom. The third-order valence-electron chi connectivity index (χ3n) is 3.62. The maximum atomic E-state index is 5.33. The van der Waals surface area contributed by atoms with Crippen molar-refractivity contribution in [2.24, 2.45) is 0 Å². The molecule has 0 bridgehead atoms. The first kappa shape index (κ1) is 15.0. The zero-order valence-corrected chi connectivity index (χ0v) is 12.9. The van der Waals surface area contributed by atoms with E-state index in [1.54, 1.807) is 11.8 Å². The Kier molecular flexibility index (Phi) is 5.99. The van der Waals surface area contributed by atoms with Gasteiger partial charge in [-0.2, -0.15) is 0 Å². The van der Waals surface area contributed by atoms with Crippen LogP contribution < -0.4 is 10.6 Å². The van der Waals surface area contributed by atoms with E-state index in [2.05, 4.69) is 34.7 Å². The zero-order valence-electron chi connectivity index (χ0n) is 12.1. The highest BCUT2D eigenvalue weighted by molar-refractivity contribution is 7.80. The number of hydrogen-bond acceptors (Lipinski definition) is 2. The topological polar surface area (TPSA) is 37.0 Å². The van der Waals surface area contributed by atoms with E-state index in [4.69, 9.17) is 12.2 Å². The molecule has 0 fully saturated rings. The highest BCUT2D eigenvalue weighted by Crippen LogP contribution is 2.19. The average molecular weight is 289 g/mol. The maximum Gasteiger partial charge on any atom is 0.171 e. The van der Waals surface area contributed by atoms with Gasteiger partial charge in [0.05, 0.1) is 0 Å². The lowest BCUT2D eigenvalue weighted by atomic mass is 9.97. The smallest absolute Gasteiger partial charge is 0.171 e. The van der Waals surface area contributed by atoms with Crippen molar-refractivity contribution < 1.29 is 0 Å². The van der Waals surface area contributed by atoms with E-state index in [1.807, 2.05) is 6.07 Å². The Morgan fingerprint density at radius 2 is 2.30 bits per heavy atom. The minimum atomic E-state index is 0.662. The fourth-order valence-corrected chi connectivity index (χ4v) is 2.66. The molecule has 1 heterocycles. The number of pyridine rings is 1. The number of nitrogens with one attached hydrogen (secondary N) is 2. The number of hydrogen-bond donors (Lipinski definition) is 2. The van der Waals surface area contributed by atoms with Gasteiger partial charge in [0, 0.05) is 12.7 Å². The van der Waals surface area contributed by atoms with E-state index in [0.717, 1.165) is 25.2 Å². The van der Waals surface area contributed by atoms with Gasteiger partial charge in [-0.3, -0.25) is 0 Å². The van der Waals surface area contributed by atoms with Crippen molar-refractivity contribution >= 4 is 23.1 Å². The van der Waals surface area contributed by atoms with Crippen molar-refractivity contribution in [1.82, 2.24) is 10.3 Å². The summed E-state index contributed by atoms with van der Waals surface area (Å²) in [4.78, 5) is 4.34. The molecule has 108 valence electrons. The van der Waals surface area contributed by atoms with Crippen LogP contribution in [0, 0.1) is 0 Å². The molecule has 20 heavy (non-hydrogen) atoms. The van der Waals surface area contributed by atoms with Crippen molar-refractivity contribution in [3.05, 3.63) is 35.5 Å². The summed E-state index contributed by atoms with van der Waals surface area (Å²) < 4.78 is 0. The van der Waals surface area contributed by atoms with Gasteiger partial charge in [-0.25, -0.2) is 4.98 Å². The molecule has 2 rings (SSSR count). The summed E-state index contributed by atoms with van der Waals surface area (Å²) in [6, 6.07) is 4.03. The molecule has 0 amide bonds. The second-order valence-electron chi connectivity index (χ2n) is 5.10. The van der Waals surface area contributed by atoms with E-state index < -0.39 is 0 Å². The van der Waals surface area contributed by atoms with E-state index in [0.29, 0.717) is 5.11 Å². The molecular weight excluding hydrogens is 266 g/mol. The van der Waals surface area contributed by atoms with Crippen LogP contribution in [0.2, 0.25) is 0 Å². The first-order valence-corrected chi connectivity index (χ1v) is 7.87. The van der Waals surface area contributed by atoms with E-state index in [1.165, 1.54) is 31.2 Å². The summed E-state index contributed by atoms with van der Waals surface area (Å²) >= 11 is 5.33. The Balaban J connectivity index is 1.76. The molecule has 2 N–H and O–H groups in total. The Morgan fingerprint density at radius 3 is 3.05 bits per heavy atom. The van der Waals surface area contributed by atoms with Crippen molar-refractivity contribution in [3.63, 3.8) is 0 Å². The van der Waals surface area contributed by atoms with E-state index >= 15 is 0 Å². The van der Waals surface area contributed by atoms with Crippen LogP contribution in [0.4, 0.5) is 5.82 Å². The minimum absolute atomic E-state index is 0.662. The second kappa shape index (κ2) is 8.00. The zero-order chi connectivity index (χ0) is 14.2. The third kappa shape index (κ3) is 4.60. The highest BCUT2D eigenvalue weighted by atomic mass is 32.1. The number of allylic oxidation sites excluding steroid dienone is 1. The summed E-state index contributed by atoms with van der Waals surface area (Å²) in [5, 5.41) is 7.12. The molecule has 0 aliphatic heterocycles. The lowest BCUT2D eigenvalue weighted by Crippen LogP contribution is -2.30. The first-order valence-electron chi connectivity index (χ1n) is 7.46. The summed E-state index contributed by atoms with van der Waals surface area (Å²) in [7, 11) is 0. The number of thiocarbonyl (C=S) groups is 1. The van der Waals surface area contributed by atoms with Gasteiger partial charge >= 0.3 is 0 Å². The van der Waals surface area contributed by atoms with E-state index in [9.17, 15) is 0 Å². The predicted molar refractivity (Wildman–Crippen MR) is 89.0 cm³/mol. The van der Waals surface area contributed by atoms with Crippen molar-refractivity contribution in [3.8, 4) is 0 Å². The molecule has 1 aromatic rings. The number of nitrogens with zero attached hydrogens (tertiary/aromatic N) is 1. The molecule has 0 saturated carbocycles. The maximum absolute atomic E-state index is 5.33. The van der Waals surface area contributed by atoms with Crippen LogP contribution in [0.3, 0.4) is 0 Å². The van der Waals surface area contributed by atoms with Gasteiger partial charge in [-0.05, 0) is 62.4 Å². The monoisotopic (exact) mass is 289 g/mol. The first-order chi connectivity index (χ1) is 9.79. The van der Waals surface area contributed by atoms with Gasteiger partial charge < -0.3 is 10.6 Å². The molecule has 0 atom stereocenters. The summed E-state index contributed by atoms with van der Waals surface area (Å²) in [5.74, 6) is 0.865. The molecule has 4 heteroatoms. The minimum Gasteiger partial charge on any atom is -0.362 e. The highest BCUT2D eigenvalue weighted by Gasteiger charge is 2.05. The van der Waals surface area contributed by atoms with Crippen LogP contribution in [0.5, 0.6) is 0 Å². The Bertz CT molecular complexity index is 482. The van der Waals surface area contributed by atoms with Crippen molar-refractivity contribution in [2.45, 2.75) is 45.4 Å². The lowest BCUT2D eigenvalue weighted by molar-refractivity contribution is 0.669. The van der Waals surface area contributed by atoms with Gasteiger partial charge in [0.25, 0.3) is 0 Å². The second-order valence-corrected chi connectivity index (χ2v) is 5.51. The molecule has 0 spiro atoms. The predicted octanol–water partition coefficient (Wildman–Crippen LogP) is 3.82. The standard InChI is InChI=1S/C16H23N3S/c1-2-14-9-6-11-17-15(14)19-16(20)18-12-10-13-7-4-3-5-8-13/h6-7,9,11H,2-5,8,10,12H2,1H3,(H2,17,18,19,20). The van der Waals surface area contributed by atoms with E-state index in [-0.39, 0.29) is 0 Å². The van der Waals surface area contributed by atoms with Crippen molar-refractivity contribution in [1.29, 1.82) is 0 Å². The fourth-order valence-electron chi connectivity index (χ4n) is 2.46. The molecule has 1 aromatic heterocycles. The van der Waals surface area contributed by atoms with Gasteiger partial charge in [0.1, 0.15) is 5.82 Å². The third-order valence-corrected chi connectivity index (χ3v) is 3.87. The Labute approximate surface area is 126 Å².